The van der Waals surface area contributed by atoms with Gasteiger partial charge in [-0.1, -0.05) is 60.7 Å². The van der Waals surface area contributed by atoms with E-state index in [4.69, 9.17) is 5.26 Å². The number of carbonyl (C=O) groups is 1. The summed E-state index contributed by atoms with van der Waals surface area (Å²) in [5.74, 6) is 0. The summed E-state index contributed by atoms with van der Waals surface area (Å²) >= 11 is 0. The molecule has 3 heteroatoms. The lowest BCUT2D eigenvalue weighted by molar-refractivity contribution is -0.253. The van der Waals surface area contributed by atoms with Gasteiger partial charge in [-0.15, -0.1) is 0 Å². The lowest BCUT2D eigenvalue weighted by atomic mass is 10.1. The van der Waals surface area contributed by atoms with Gasteiger partial charge < -0.3 is 0 Å². The van der Waals surface area contributed by atoms with Crippen LogP contribution in [0, 0.1) is 0 Å². The lowest BCUT2D eigenvalue weighted by Crippen LogP contribution is -1.86. The molecule has 0 saturated heterocycles. The van der Waals surface area contributed by atoms with Gasteiger partial charge in [-0.2, -0.15) is 0 Å². The third kappa shape index (κ3) is 3.88. The largest absolute Gasteiger partial charge is 0.298 e. The van der Waals surface area contributed by atoms with Crippen LogP contribution in [0.4, 0.5) is 0 Å². The lowest BCUT2D eigenvalue weighted by Gasteiger charge is -1.99. The van der Waals surface area contributed by atoms with E-state index in [1.165, 1.54) is 0 Å². The van der Waals surface area contributed by atoms with E-state index in [1.54, 1.807) is 12.1 Å². The Bertz CT molecular complexity index is 554. The molecule has 0 aliphatic rings. The molecule has 0 atom stereocenters. The van der Waals surface area contributed by atoms with E-state index in [0.717, 1.165) is 23.0 Å². The summed E-state index contributed by atoms with van der Waals surface area (Å²) < 4.78 is 0. The Kier molecular flexibility index (Phi) is 4.61. The SMILES string of the molecule is O=Cc1ccc(C=Cc2ccc(COO)cc2)cc1. The Labute approximate surface area is 111 Å². The smallest absolute Gasteiger partial charge is 0.150 e. The molecule has 0 radical (unpaired) electrons. The fourth-order valence-electron chi connectivity index (χ4n) is 1.68. The van der Waals surface area contributed by atoms with Gasteiger partial charge >= 0.3 is 0 Å². The fraction of sp³-hybridized carbons (Fsp3) is 0.0625. The zero-order chi connectivity index (χ0) is 13.5. The first-order valence-electron chi connectivity index (χ1n) is 5.90. The van der Waals surface area contributed by atoms with Crippen LogP contribution in [0.5, 0.6) is 0 Å². The van der Waals surface area contributed by atoms with Crippen LogP contribution in [0.15, 0.2) is 48.5 Å². The van der Waals surface area contributed by atoms with Gasteiger partial charge in [-0.05, 0) is 16.7 Å². The molecular weight excluding hydrogens is 240 g/mol. The third-order valence-corrected chi connectivity index (χ3v) is 2.75. The summed E-state index contributed by atoms with van der Waals surface area (Å²) in [4.78, 5) is 14.6. The van der Waals surface area contributed by atoms with E-state index in [0.29, 0.717) is 5.56 Å². The second-order valence-electron chi connectivity index (χ2n) is 4.13. The number of benzene rings is 2. The molecule has 0 spiro atoms. The maximum atomic E-state index is 10.5. The number of rotatable bonds is 5. The number of hydrogen-bond donors (Lipinski definition) is 1. The predicted molar refractivity (Wildman–Crippen MR) is 74.6 cm³/mol. The molecule has 0 fully saturated rings. The summed E-state index contributed by atoms with van der Waals surface area (Å²) in [6.07, 6.45) is 4.79. The van der Waals surface area contributed by atoms with Crippen LogP contribution in [0.2, 0.25) is 0 Å². The zero-order valence-electron chi connectivity index (χ0n) is 10.3. The van der Waals surface area contributed by atoms with Gasteiger partial charge in [0.15, 0.2) is 0 Å². The molecule has 0 unspecified atom stereocenters. The van der Waals surface area contributed by atoms with Crippen molar-refractivity contribution in [1.82, 2.24) is 0 Å². The first kappa shape index (κ1) is 13.2. The van der Waals surface area contributed by atoms with E-state index in [2.05, 4.69) is 4.89 Å². The van der Waals surface area contributed by atoms with E-state index >= 15 is 0 Å². The van der Waals surface area contributed by atoms with Crippen molar-refractivity contribution in [2.24, 2.45) is 0 Å². The summed E-state index contributed by atoms with van der Waals surface area (Å²) in [5, 5.41) is 8.34. The normalized spacial score (nSPS) is 10.8. The van der Waals surface area contributed by atoms with Crippen molar-refractivity contribution in [3.8, 4) is 0 Å². The number of hydrogen-bond acceptors (Lipinski definition) is 3. The van der Waals surface area contributed by atoms with Gasteiger partial charge in [-0.25, -0.2) is 4.89 Å². The van der Waals surface area contributed by atoms with Crippen molar-refractivity contribution in [3.05, 3.63) is 70.8 Å². The van der Waals surface area contributed by atoms with Crippen LogP contribution >= 0.6 is 0 Å². The van der Waals surface area contributed by atoms with Crippen LogP contribution in [0.25, 0.3) is 12.2 Å². The molecule has 0 aliphatic heterocycles. The molecule has 0 saturated carbocycles. The quantitative estimate of drug-likeness (QED) is 0.383. The third-order valence-electron chi connectivity index (χ3n) is 2.75. The van der Waals surface area contributed by atoms with Crippen LogP contribution < -0.4 is 0 Å². The molecule has 96 valence electrons. The Balaban J connectivity index is 2.06. The van der Waals surface area contributed by atoms with E-state index in [9.17, 15) is 4.79 Å². The van der Waals surface area contributed by atoms with Crippen molar-refractivity contribution in [2.45, 2.75) is 6.61 Å². The molecule has 2 rings (SSSR count). The second kappa shape index (κ2) is 6.64. The van der Waals surface area contributed by atoms with Crippen LogP contribution in [0.1, 0.15) is 27.0 Å². The van der Waals surface area contributed by atoms with Crippen molar-refractivity contribution >= 4 is 18.4 Å². The van der Waals surface area contributed by atoms with Gasteiger partial charge in [0.1, 0.15) is 12.9 Å². The maximum Gasteiger partial charge on any atom is 0.150 e. The van der Waals surface area contributed by atoms with Crippen LogP contribution in [-0.2, 0) is 11.5 Å². The summed E-state index contributed by atoms with van der Waals surface area (Å²) in [5.41, 5.74) is 3.68. The molecule has 0 aliphatic carbocycles. The highest BCUT2D eigenvalue weighted by molar-refractivity contribution is 5.76. The number of carbonyl (C=O) groups excluding carboxylic acids is 1. The Hall–Kier alpha value is -2.23. The van der Waals surface area contributed by atoms with Gasteiger partial charge in [0.25, 0.3) is 0 Å². The highest BCUT2D eigenvalue weighted by Gasteiger charge is 1.93. The van der Waals surface area contributed by atoms with E-state index in [1.807, 2.05) is 48.6 Å². The van der Waals surface area contributed by atoms with Gasteiger partial charge in [0, 0.05) is 5.56 Å². The molecule has 0 aromatic heterocycles. The minimum absolute atomic E-state index is 0.192. The standard InChI is InChI=1S/C16H14O3/c17-11-15-7-3-13(4-8-15)1-2-14-5-9-16(10-6-14)12-19-18/h1-11,18H,12H2. The average molecular weight is 254 g/mol. The van der Waals surface area contributed by atoms with Gasteiger partial charge in [0.05, 0.1) is 0 Å². The van der Waals surface area contributed by atoms with E-state index in [-0.39, 0.29) is 6.61 Å². The second-order valence-corrected chi connectivity index (χ2v) is 4.13. The monoisotopic (exact) mass is 254 g/mol. The highest BCUT2D eigenvalue weighted by Crippen LogP contribution is 2.11. The Morgan fingerprint density at radius 2 is 1.32 bits per heavy atom. The molecule has 0 bridgehead atoms. The Morgan fingerprint density at radius 1 is 0.842 bits per heavy atom. The highest BCUT2D eigenvalue weighted by atomic mass is 17.1. The van der Waals surface area contributed by atoms with E-state index < -0.39 is 0 Å². The molecule has 19 heavy (non-hydrogen) atoms. The summed E-state index contributed by atoms with van der Waals surface area (Å²) in [7, 11) is 0. The molecule has 1 N–H and O–H groups in total. The summed E-state index contributed by atoms with van der Waals surface area (Å²) in [6, 6.07) is 15.1. The molecule has 3 nitrogen and oxygen atoms in total. The maximum absolute atomic E-state index is 10.5. The molecular formula is C16H14O3. The predicted octanol–water partition coefficient (Wildman–Crippen LogP) is 3.66. The van der Waals surface area contributed by atoms with Crippen LogP contribution in [-0.4, -0.2) is 11.5 Å². The first-order chi connectivity index (χ1) is 9.31. The minimum atomic E-state index is 0.192. The zero-order valence-corrected chi connectivity index (χ0v) is 10.3. The van der Waals surface area contributed by atoms with Crippen molar-refractivity contribution < 1.29 is 14.9 Å². The van der Waals surface area contributed by atoms with Crippen molar-refractivity contribution in [3.63, 3.8) is 0 Å². The van der Waals surface area contributed by atoms with Crippen LogP contribution in [0.3, 0.4) is 0 Å². The average Bonchev–Trinajstić information content (AvgIpc) is 2.47. The number of aldehydes is 1. The van der Waals surface area contributed by atoms with Gasteiger partial charge in [-0.3, -0.25) is 10.1 Å². The molecule has 0 heterocycles. The fourth-order valence-corrected chi connectivity index (χ4v) is 1.68. The van der Waals surface area contributed by atoms with Crippen molar-refractivity contribution in [2.75, 3.05) is 0 Å². The van der Waals surface area contributed by atoms with Crippen molar-refractivity contribution in [1.29, 1.82) is 0 Å². The molecule has 2 aromatic rings. The molecule has 0 amide bonds. The molecule has 2 aromatic carbocycles. The minimum Gasteiger partial charge on any atom is -0.298 e. The topological polar surface area (TPSA) is 46.5 Å². The van der Waals surface area contributed by atoms with Gasteiger partial charge in [0.2, 0.25) is 0 Å². The Morgan fingerprint density at radius 3 is 1.79 bits per heavy atom. The first-order valence-corrected chi connectivity index (χ1v) is 5.90. The summed E-state index contributed by atoms with van der Waals surface area (Å²) in [6.45, 7) is 0.192.